The number of nitrogens with one attached hydrogen (secondary N) is 1. The van der Waals surface area contributed by atoms with Crippen molar-refractivity contribution >= 4 is 22.6 Å². The summed E-state index contributed by atoms with van der Waals surface area (Å²) >= 11 is 0. The number of phenolic OH excluding ortho intramolecular Hbond substituents is 1. The lowest BCUT2D eigenvalue weighted by molar-refractivity contribution is 0.206. The summed E-state index contributed by atoms with van der Waals surface area (Å²) in [5.41, 5.74) is 2.67. The van der Waals surface area contributed by atoms with E-state index in [9.17, 15) is 9.90 Å². The fraction of sp³-hybridized carbons (Fsp3) is 0.300. The molecule has 2 amide bonds. The van der Waals surface area contributed by atoms with Gasteiger partial charge in [-0.05, 0) is 48.7 Å². The molecular weight excluding hydrogens is 344 g/mol. The molecule has 0 bridgehead atoms. The summed E-state index contributed by atoms with van der Waals surface area (Å²) in [6.45, 7) is 0.461. The van der Waals surface area contributed by atoms with Crippen LogP contribution >= 0.6 is 0 Å². The second kappa shape index (κ2) is 6.83. The fourth-order valence-electron chi connectivity index (χ4n) is 3.21. The average molecular weight is 366 g/mol. The molecule has 3 aromatic rings. The first-order valence-electron chi connectivity index (χ1n) is 8.90. The molecule has 0 radical (unpaired) electrons. The number of carbonyl (C=O) groups excluding carboxylic acids is 1. The van der Waals surface area contributed by atoms with Crippen molar-refractivity contribution in [3.05, 3.63) is 48.2 Å². The van der Waals surface area contributed by atoms with Crippen LogP contribution < -0.4 is 10.1 Å². The summed E-state index contributed by atoms with van der Waals surface area (Å²) in [5.74, 6) is 0.499. The number of ether oxygens (including phenoxy) is 1. The molecule has 7 heteroatoms. The van der Waals surface area contributed by atoms with Crippen molar-refractivity contribution in [3.8, 4) is 11.5 Å². The first kappa shape index (κ1) is 17.2. The van der Waals surface area contributed by atoms with Crippen LogP contribution in [0.5, 0.6) is 11.5 Å². The predicted octanol–water partition coefficient (Wildman–Crippen LogP) is 3.48. The van der Waals surface area contributed by atoms with Crippen molar-refractivity contribution in [2.75, 3.05) is 12.4 Å². The van der Waals surface area contributed by atoms with Crippen molar-refractivity contribution in [2.24, 2.45) is 7.05 Å². The highest BCUT2D eigenvalue weighted by atomic mass is 16.5. The molecule has 2 aromatic carbocycles. The Morgan fingerprint density at radius 1 is 1.33 bits per heavy atom. The van der Waals surface area contributed by atoms with Gasteiger partial charge in [0.15, 0.2) is 11.5 Å². The van der Waals surface area contributed by atoms with Crippen LogP contribution in [0.1, 0.15) is 18.4 Å². The number of nitrogens with zero attached hydrogens (tertiary/aromatic N) is 3. The Labute approximate surface area is 157 Å². The Hall–Kier alpha value is -3.22. The number of benzene rings is 2. The second-order valence-corrected chi connectivity index (χ2v) is 6.84. The van der Waals surface area contributed by atoms with Crippen molar-refractivity contribution in [2.45, 2.75) is 25.4 Å². The number of aromatic hydroxyl groups is 1. The molecule has 1 aromatic heterocycles. The van der Waals surface area contributed by atoms with Gasteiger partial charge >= 0.3 is 6.03 Å². The van der Waals surface area contributed by atoms with Crippen molar-refractivity contribution in [3.63, 3.8) is 0 Å². The Morgan fingerprint density at radius 2 is 2.15 bits per heavy atom. The van der Waals surface area contributed by atoms with Gasteiger partial charge in [-0.25, -0.2) is 4.79 Å². The topological polar surface area (TPSA) is 79.6 Å². The lowest BCUT2D eigenvalue weighted by Gasteiger charge is -2.23. The van der Waals surface area contributed by atoms with Crippen molar-refractivity contribution in [1.29, 1.82) is 0 Å². The van der Waals surface area contributed by atoms with Crippen LogP contribution in [0, 0.1) is 0 Å². The third-order valence-electron chi connectivity index (χ3n) is 4.84. The number of hydrogen-bond acceptors (Lipinski definition) is 4. The minimum atomic E-state index is -0.132. The molecule has 1 aliphatic rings. The van der Waals surface area contributed by atoms with Crippen LogP contribution in [-0.4, -0.2) is 39.0 Å². The Balaban J connectivity index is 1.52. The number of fused-ring (bicyclic) bond motifs is 1. The molecule has 1 heterocycles. The highest BCUT2D eigenvalue weighted by molar-refractivity contribution is 5.93. The van der Waals surface area contributed by atoms with E-state index in [0.29, 0.717) is 12.3 Å². The molecular formula is C20H22N4O3. The minimum Gasteiger partial charge on any atom is -0.504 e. The quantitative estimate of drug-likeness (QED) is 0.724. The Bertz CT molecular complexity index is 994. The lowest BCUT2D eigenvalue weighted by atomic mass is 10.2. The predicted molar refractivity (Wildman–Crippen MR) is 103 cm³/mol. The van der Waals surface area contributed by atoms with Gasteiger partial charge in [0, 0.05) is 30.7 Å². The SMILES string of the molecule is COc1cc(CN(C(=O)Nc2ccc3c(cnn3C)c2)C2CC2)ccc1O. The number of hydrogen-bond donors (Lipinski definition) is 2. The maximum Gasteiger partial charge on any atom is 0.322 e. The molecule has 27 heavy (non-hydrogen) atoms. The molecule has 0 aliphatic heterocycles. The van der Waals surface area contributed by atoms with Crippen LogP contribution in [0.25, 0.3) is 10.9 Å². The van der Waals surface area contributed by atoms with E-state index in [1.54, 1.807) is 23.0 Å². The molecule has 4 rings (SSSR count). The molecule has 1 saturated carbocycles. The molecule has 140 valence electrons. The Kier molecular flexibility index (Phi) is 4.35. The van der Waals surface area contributed by atoms with Crippen LogP contribution in [0.3, 0.4) is 0 Å². The van der Waals surface area contributed by atoms with E-state index in [4.69, 9.17) is 4.74 Å². The normalized spacial score (nSPS) is 13.6. The number of methoxy groups -OCH3 is 1. The van der Waals surface area contributed by atoms with E-state index < -0.39 is 0 Å². The number of aryl methyl sites for hydroxylation is 1. The molecule has 0 saturated heterocycles. The standard InChI is InChI=1S/C20H22N4O3/c1-23-17-7-4-15(10-14(17)11-21-23)22-20(26)24(16-5-6-16)12-13-3-8-18(25)19(9-13)27-2/h3-4,7-11,16,25H,5-6,12H2,1-2H3,(H,22,26). The largest absolute Gasteiger partial charge is 0.504 e. The number of phenols is 1. The summed E-state index contributed by atoms with van der Waals surface area (Å²) in [7, 11) is 3.40. The number of rotatable bonds is 5. The van der Waals surface area contributed by atoms with Crippen LogP contribution in [0.15, 0.2) is 42.6 Å². The number of carbonyl (C=O) groups is 1. The zero-order valence-corrected chi connectivity index (χ0v) is 15.3. The van der Waals surface area contributed by atoms with E-state index >= 15 is 0 Å². The van der Waals surface area contributed by atoms with Crippen LogP contribution in [0.2, 0.25) is 0 Å². The zero-order chi connectivity index (χ0) is 19.0. The van der Waals surface area contributed by atoms with E-state index in [0.717, 1.165) is 35.0 Å². The van der Waals surface area contributed by atoms with Gasteiger partial charge in [-0.1, -0.05) is 6.07 Å². The van der Waals surface area contributed by atoms with Gasteiger partial charge in [0.05, 0.1) is 18.8 Å². The van der Waals surface area contributed by atoms with Gasteiger partial charge in [0.1, 0.15) is 0 Å². The van der Waals surface area contributed by atoms with Crippen molar-refractivity contribution < 1.29 is 14.6 Å². The molecule has 0 unspecified atom stereocenters. The molecule has 1 aliphatic carbocycles. The molecule has 0 spiro atoms. The van der Waals surface area contributed by atoms with Crippen molar-refractivity contribution in [1.82, 2.24) is 14.7 Å². The molecule has 1 fully saturated rings. The van der Waals surface area contributed by atoms with Gasteiger partial charge < -0.3 is 20.1 Å². The molecule has 2 N–H and O–H groups in total. The maximum absolute atomic E-state index is 12.9. The van der Waals surface area contributed by atoms with Gasteiger partial charge in [0.2, 0.25) is 0 Å². The summed E-state index contributed by atoms with van der Waals surface area (Å²) < 4.78 is 6.97. The lowest BCUT2D eigenvalue weighted by Crippen LogP contribution is -2.36. The molecule has 0 atom stereocenters. The average Bonchev–Trinajstić information content (AvgIpc) is 3.44. The first-order valence-corrected chi connectivity index (χ1v) is 8.90. The number of anilines is 1. The summed E-state index contributed by atoms with van der Waals surface area (Å²) in [5, 5.41) is 18.0. The van der Waals surface area contributed by atoms with E-state index in [-0.39, 0.29) is 17.8 Å². The maximum atomic E-state index is 12.9. The Morgan fingerprint density at radius 3 is 2.89 bits per heavy atom. The zero-order valence-electron chi connectivity index (χ0n) is 15.3. The minimum absolute atomic E-state index is 0.0912. The van der Waals surface area contributed by atoms with E-state index in [1.807, 2.05) is 36.2 Å². The third-order valence-corrected chi connectivity index (χ3v) is 4.84. The highest BCUT2D eigenvalue weighted by Crippen LogP contribution is 2.32. The summed E-state index contributed by atoms with van der Waals surface area (Å²) in [4.78, 5) is 14.7. The summed E-state index contributed by atoms with van der Waals surface area (Å²) in [6, 6.07) is 11.0. The number of urea groups is 1. The number of amides is 2. The van der Waals surface area contributed by atoms with Gasteiger partial charge in [-0.3, -0.25) is 4.68 Å². The summed E-state index contributed by atoms with van der Waals surface area (Å²) in [6.07, 6.45) is 3.79. The van der Waals surface area contributed by atoms with Crippen LogP contribution in [-0.2, 0) is 13.6 Å². The van der Waals surface area contributed by atoms with Gasteiger partial charge in [-0.15, -0.1) is 0 Å². The monoisotopic (exact) mass is 366 g/mol. The second-order valence-electron chi connectivity index (χ2n) is 6.84. The highest BCUT2D eigenvalue weighted by Gasteiger charge is 2.32. The van der Waals surface area contributed by atoms with Crippen LogP contribution in [0.4, 0.5) is 10.5 Å². The van der Waals surface area contributed by atoms with E-state index in [2.05, 4.69) is 10.4 Å². The van der Waals surface area contributed by atoms with Gasteiger partial charge in [-0.2, -0.15) is 5.10 Å². The fourth-order valence-corrected chi connectivity index (χ4v) is 3.21. The molecule has 7 nitrogen and oxygen atoms in total. The van der Waals surface area contributed by atoms with Gasteiger partial charge in [0.25, 0.3) is 0 Å². The third kappa shape index (κ3) is 3.53. The first-order chi connectivity index (χ1) is 13.0. The van der Waals surface area contributed by atoms with E-state index in [1.165, 1.54) is 7.11 Å². The smallest absolute Gasteiger partial charge is 0.322 e. The number of aromatic nitrogens is 2.